The largest absolute Gasteiger partial charge is 0.497 e. The number of rotatable bonds is 5. The summed E-state index contributed by atoms with van der Waals surface area (Å²) >= 11 is 4.30. The Hall–Kier alpha value is -1.16. The first-order valence-corrected chi connectivity index (χ1v) is 6.17. The van der Waals surface area contributed by atoms with Gasteiger partial charge in [-0.25, -0.2) is 0 Å². The van der Waals surface area contributed by atoms with E-state index in [1.165, 1.54) is 0 Å². The summed E-state index contributed by atoms with van der Waals surface area (Å²) in [6.07, 6.45) is 0.769. The van der Waals surface area contributed by atoms with Gasteiger partial charge < -0.3 is 10.1 Å². The monoisotopic (exact) mass is 253 g/mol. The van der Waals surface area contributed by atoms with Gasteiger partial charge in [-0.1, -0.05) is 13.8 Å². The van der Waals surface area contributed by atoms with Crippen molar-refractivity contribution in [1.82, 2.24) is 0 Å². The van der Waals surface area contributed by atoms with Crippen LogP contribution in [0.2, 0.25) is 0 Å². The maximum atomic E-state index is 11.8. The Morgan fingerprint density at radius 2 is 1.94 bits per heavy atom. The molecule has 0 aliphatic rings. The van der Waals surface area contributed by atoms with Crippen LogP contribution in [0, 0.1) is 5.92 Å². The average molecular weight is 253 g/mol. The number of carbonyl (C=O) groups excluding carboxylic acids is 1. The summed E-state index contributed by atoms with van der Waals surface area (Å²) in [5, 5.41) is 2.56. The number of hydrogen-bond donors (Lipinski definition) is 2. The van der Waals surface area contributed by atoms with Crippen molar-refractivity contribution < 1.29 is 9.53 Å². The minimum Gasteiger partial charge on any atom is -0.497 e. The van der Waals surface area contributed by atoms with Crippen molar-refractivity contribution in [2.75, 3.05) is 12.4 Å². The molecule has 0 unspecified atom stereocenters. The Morgan fingerprint density at radius 3 is 2.41 bits per heavy atom. The lowest BCUT2D eigenvalue weighted by Gasteiger charge is -2.13. The predicted molar refractivity (Wildman–Crippen MR) is 73.9 cm³/mol. The molecular formula is C13H19NO2S. The van der Waals surface area contributed by atoms with Gasteiger partial charge in [0.25, 0.3) is 0 Å². The van der Waals surface area contributed by atoms with Gasteiger partial charge in [0, 0.05) is 5.69 Å². The lowest BCUT2D eigenvalue weighted by atomic mass is 10.1. The zero-order valence-corrected chi connectivity index (χ0v) is 11.3. The fourth-order valence-electron chi connectivity index (χ4n) is 1.45. The first-order valence-electron chi connectivity index (χ1n) is 5.66. The Labute approximate surface area is 108 Å². The van der Waals surface area contributed by atoms with Crippen LogP contribution >= 0.6 is 12.6 Å². The van der Waals surface area contributed by atoms with Crippen molar-refractivity contribution in [2.24, 2.45) is 5.92 Å². The van der Waals surface area contributed by atoms with E-state index in [0.717, 1.165) is 17.9 Å². The minimum absolute atomic E-state index is 0.0628. The Morgan fingerprint density at radius 1 is 1.35 bits per heavy atom. The van der Waals surface area contributed by atoms with Gasteiger partial charge in [0.15, 0.2) is 0 Å². The molecule has 0 fully saturated rings. The number of ether oxygens (including phenoxy) is 1. The van der Waals surface area contributed by atoms with Crippen LogP contribution in [0.5, 0.6) is 5.75 Å². The van der Waals surface area contributed by atoms with Gasteiger partial charge >= 0.3 is 0 Å². The van der Waals surface area contributed by atoms with E-state index in [0.29, 0.717) is 5.92 Å². The van der Waals surface area contributed by atoms with Crippen molar-refractivity contribution in [3.8, 4) is 5.75 Å². The highest BCUT2D eigenvalue weighted by Crippen LogP contribution is 2.17. The Bertz CT molecular complexity index is 362. The molecule has 0 radical (unpaired) electrons. The van der Waals surface area contributed by atoms with Gasteiger partial charge in [0.1, 0.15) is 5.75 Å². The van der Waals surface area contributed by atoms with Gasteiger partial charge in [0.05, 0.1) is 12.4 Å². The molecule has 3 nitrogen and oxygen atoms in total. The molecule has 0 aromatic heterocycles. The molecule has 0 saturated heterocycles. The summed E-state index contributed by atoms with van der Waals surface area (Å²) in [6, 6.07) is 7.25. The number of anilines is 1. The second kappa shape index (κ2) is 6.55. The second-order valence-electron chi connectivity index (χ2n) is 4.36. The zero-order chi connectivity index (χ0) is 12.8. The van der Waals surface area contributed by atoms with Gasteiger partial charge in [0.2, 0.25) is 5.91 Å². The lowest BCUT2D eigenvalue weighted by Crippen LogP contribution is -2.24. The molecule has 1 aromatic rings. The third-order valence-corrected chi connectivity index (χ3v) is 2.80. The fourth-order valence-corrected chi connectivity index (χ4v) is 1.94. The normalized spacial score (nSPS) is 12.3. The van der Waals surface area contributed by atoms with E-state index < -0.39 is 0 Å². The van der Waals surface area contributed by atoms with Gasteiger partial charge in [-0.15, -0.1) is 0 Å². The highest BCUT2D eigenvalue weighted by molar-refractivity contribution is 7.81. The molecule has 4 heteroatoms. The van der Waals surface area contributed by atoms with Crippen molar-refractivity contribution in [3.05, 3.63) is 24.3 Å². The molecule has 94 valence electrons. The van der Waals surface area contributed by atoms with Gasteiger partial charge in [-0.3, -0.25) is 4.79 Å². The predicted octanol–water partition coefficient (Wildman–Crippen LogP) is 2.98. The highest BCUT2D eigenvalue weighted by atomic mass is 32.1. The topological polar surface area (TPSA) is 38.3 Å². The number of hydrogen-bond acceptors (Lipinski definition) is 3. The van der Waals surface area contributed by atoms with Crippen LogP contribution in [-0.2, 0) is 4.79 Å². The van der Waals surface area contributed by atoms with Crippen LogP contribution in [0.4, 0.5) is 5.69 Å². The summed E-state index contributed by atoms with van der Waals surface area (Å²) in [5.74, 6) is 1.17. The molecular weight excluding hydrogens is 234 g/mol. The van der Waals surface area contributed by atoms with Crippen LogP contribution in [-0.4, -0.2) is 18.3 Å². The molecule has 0 saturated carbocycles. The number of amides is 1. The SMILES string of the molecule is COc1ccc(NC(=O)[C@@H](S)CC(C)C)cc1. The number of methoxy groups -OCH3 is 1. The van der Waals surface area contributed by atoms with E-state index in [4.69, 9.17) is 4.74 Å². The van der Waals surface area contributed by atoms with Crippen molar-refractivity contribution in [3.63, 3.8) is 0 Å². The van der Waals surface area contributed by atoms with Crippen molar-refractivity contribution >= 4 is 24.2 Å². The molecule has 1 aromatic carbocycles. The van der Waals surface area contributed by atoms with Crippen molar-refractivity contribution in [1.29, 1.82) is 0 Å². The van der Waals surface area contributed by atoms with E-state index in [2.05, 4.69) is 31.8 Å². The Kier molecular flexibility index (Phi) is 5.35. The van der Waals surface area contributed by atoms with Gasteiger partial charge in [-0.2, -0.15) is 12.6 Å². The maximum Gasteiger partial charge on any atom is 0.237 e. The molecule has 1 amide bonds. The number of carbonyl (C=O) groups is 1. The lowest BCUT2D eigenvalue weighted by molar-refractivity contribution is -0.115. The third-order valence-electron chi connectivity index (χ3n) is 2.35. The van der Waals surface area contributed by atoms with Crippen LogP contribution in [0.15, 0.2) is 24.3 Å². The molecule has 0 heterocycles. The van der Waals surface area contributed by atoms with E-state index in [-0.39, 0.29) is 11.2 Å². The molecule has 1 atom stereocenters. The van der Waals surface area contributed by atoms with Crippen LogP contribution < -0.4 is 10.1 Å². The van der Waals surface area contributed by atoms with E-state index in [1.54, 1.807) is 7.11 Å². The summed E-state index contributed by atoms with van der Waals surface area (Å²) in [4.78, 5) is 11.8. The summed E-state index contributed by atoms with van der Waals surface area (Å²) in [5.41, 5.74) is 0.763. The minimum atomic E-state index is -0.267. The zero-order valence-electron chi connectivity index (χ0n) is 10.4. The van der Waals surface area contributed by atoms with E-state index >= 15 is 0 Å². The third kappa shape index (κ3) is 4.69. The molecule has 1 N–H and O–H groups in total. The van der Waals surface area contributed by atoms with Crippen molar-refractivity contribution in [2.45, 2.75) is 25.5 Å². The molecule has 0 aliphatic carbocycles. The van der Waals surface area contributed by atoms with E-state index in [1.807, 2.05) is 24.3 Å². The first kappa shape index (κ1) is 13.9. The summed E-state index contributed by atoms with van der Waals surface area (Å²) < 4.78 is 5.05. The molecule has 0 spiro atoms. The second-order valence-corrected chi connectivity index (χ2v) is 4.99. The van der Waals surface area contributed by atoms with Crippen LogP contribution in [0.3, 0.4) is 0 Å². The number of thiol groups is 1. The number of nitrogens with one attached hydrogen (secondary N) is 1. The fraction of sp³-hybridized carbons (Fsp3) is 0.462. The molecule has 0 aliphatic heterocycles. The summed E-state index contributed by atoms with van der Waals surface area (Å²) in [7, 11) is 1.61. The van der Waals surface area contributed by atoms with Crippen LogP contribution in [0.1, 0.15) is 20.3 Å². The Balaban J connectivity index is 2.55. The highest BCUT2D eigenvalue weighted by Gasteiger charge is 2.15. The first-order chi connectivity index (χ1) is 8.02. The maximum absolute atomic E-state index is 11.8. The smallest absolute Gasteiger partial charge is 0.237 e. The molecule has 1 rings (SSSR count). The molecule has 17 heavy (non-hydrogen) atoms. The van der Waals surface area contributed by atoms with Gasteiger partial charge in [-0.05, 0) is 36.6 Å². The van der Waals surface area contributed by atoms with E-state index in [9.17, 15) is 4.79 Å². The van der Waals surface area contributed by atoms with Crippen LogP contribution in [0.25, 0.3) is 0 Å². The average Bonchev–Trinajstić information content (AvgIpc) is 2.29. The molecule has 0 bridgehead atoms. The quantitative estimate of drug-likeness (QED) is 0.792. The standard InChI is InChI=1S/C13H19NO2S/c1-9(2)8-12(17)13(15)14-10-4-6-11(16-3)7-5-10/h4-7,9,12,17H,8H2,1-3H3,(H,14,15)/t12-/m0/s1. The number of benzene rings is 1. The summed E-state index contributed by atoms with van der Waals surface area (Å²) in [6.45, 7) is 4.15.